The lowest BCUT2D eigenvalue weighted by atomic mass is 9.96. The maximum absolute atomic E-state index is 5.46. The van der Waals surface area contributed by atoms with Gasteiger partial charge in [0.25, 0.3) is 0 Å². The van der Waals surface area contributed by atoms with Gasteiger partial charge in [-0.1, -0.05) is 0 Å². The standard InChI is InChI=1S/C18H37N5O.HI/c1-5-19-18(20-14-17-15-21(2)10-11-22(17)3)23(4)9-6-16-7-12-24-13-8-16;/h16-17H,5-15H2,1-4H3,(H,19,20);1H. The molecule has 0 saturated carbocycles. The molecule has 2 aliphatic heterocycles. The molecule has 2 fully saturated rings. The fourth-order valence-corrected chi connectivity index (χ4v) is 3.48. The maximum atomic E-state index is 5.46. The molecule has 1 N–H and O–H groups in total. The first-order chi connectivity index (χ1) is 11.6. The van der Waals surface area contributed by atoms with Gasteiger partial charge in [-0.15, -0.1) is 24.0 Å². The SMILES string of the molecule is CCNC(=NCC1CN(C)CCN1C)N(C)CCC1CCOCC1.I. The van der Waals surface area contributed by atoms with Crippen LogP contribution in [0.5, 0.6) is 0 Å². The van der Waals surface area contributed by atoms with Crippen molar-refractivity contribution in [2.75, 3.05) is 73.6 Å². The Hall–Kier alpha value is -0.120. The highest BCUT2D eigenvalue weighted by atomic mass is 127. The minimum Gasteiger partial charge on any atom is -0.381 e. The summed E-state index contributed by atoms with van der Waals surface area (Å²) in [6.45, 7) is 10.2. The number of nitrogens with zero attached hydrogens (tertiary/aromatic N) is 4. The Labute approximate surface area is 171 Å². The summed E-state index contributed by atoms with van der Waals surface area (Å²) in [5.74, 6) is 1.85. The highest BCUT2D eigenvalue weighted by Crippen LogP contribution is 2.18. The van der Waals surface area contributed by atoms with Gasteiger partial charge in [0.05, 0.1) is 6.54 Å². The molecular formula is C18H38IN5O. The van der Waals surface area contributed by atoms with E-state index in [0.29, 0.717) is 6.04 Å². The Morgan fingerprint density at radius 3 is 2.64 bits per heavy atom. The molecule has 0 aliphatic carbocycles. The Kier molecular flexibility index (Phi) is 11.3. The summed E-state index contributed by atoms with van der Waals surface area (Å²) in [5.41, 5.74) is 0. The van der Waals surface area contributed by atoms with Gasteiger partial charge >= 0.3 is 0 Å². The van der Waals surface area contributed by atoms with E-state index in [4.69, 9.17) is 9.73 Å². The Balaban J connectivity index is 0.00000312. The predicted octanol–water partition coefficient (Wildman–Crippen LogP) is 1.56. The van der Waals surface area contributed by atoms with Gasteiger partial charge in [-0.05, 0) is 46.2 Å². The molecule has 0 amide bonds. The number of hydrogen-bond acceptors (Lipinski definition) is 4. The van der Waals surface area contributed by atoms with Gasteiger partial charge in [-0.25, -0.2) is 0 Å². The van der Waals surface area contributed by atoms with Gasteiger partial charge in [-0.3, -0.25) is 9.89 Å². The largest absolute Gasteiger partial charge is 0.381 e. The number of ether oxygens (including phenoxy) is 1. The molecule has 0 aromatic carbocycles. The lowest BCUT2D eigenvalue weighted by Crippen LogP contribution is -2.51. The lowest BCUT2D eigenvalue weighted by Gasteiger charge is -2.37. The monoisotopic (exact) mass is 467 g/mol. The summed E-state index contributed by atoms with van der Waals surface area (Å²) in [5, 5.41) is 3.45. The molecule has 1 atom stereocenters. The van der Waals surface area contributed by atoms with Gasteiger partial charge in [0.15, 0.2) is 5.96 Å². The molecule has 0 aromatic heterocycles. The lowest BCUT2D eigenvalue weighted by molar-refractivity contribution is 0.0625. The van der Waals surface area contributed by atoms with Gasteiger partial charge in [0, 0.05) is 59.0 Å². The molecule has 2 rings (SSSR count). The molecule has 2 heterocycles. The van der Waals surface area contributed by atoms with Crippen molar-refractivity contribution < 1.29 is 4.74 Å². The molecule has 148 valence electrons. The highest BCUT2D eigenvalue weighted by molar-refractivity contribution is 14.0. The summed E-state index contributed by atoms with van der Waals surface area (Å²) in [6.07, 6.45) is 3.65. The van der Waals surface area contributed by atoms with Crippen LogP contribution in [0.1, 0.15) is 26.2 Å². The van der Waals surface area contributed by atoms with E-state index >= 15 is 0 Å². The van der Waals surface area contributed by atoms with Gasteiger partial charge in [0.2, 0.25) is 0 Å². The van der Waals surface area contributed by atoms with Crippen LogP contribution in [0.15, 0.2) is 4.99 Å². The van der Waals surface area contributed by atoms with Gasteiger partial charge in [0.1, 0.15) is 0 Å². The zero-order chi connectivity index (χ0) is 17.4. The molecule has 0 spiro atoms. The van der Waals surface area contributed by atoms with Crippen molar-refractivity contribution in [1.29, 1.82) is 0 Å². The van der Waals surface area contributed by atoms with Crippen molar-refractivity contribution in [1.82, 2.24) is 20.0 Å². The number of hydrogen-bond donors (Lipinski definition) is 1. The molecule has 2 aliphatic rings. The first-order valence-corrected chi connectivity index (χ1v) is 9.56. The maximum Gasteiger partial charge on any atom is 0.193 e. The number of aliphatic imine (C=N–C) groups is 1. The van der Waals surface area contributed by atoms with Crippen LogP contribution >= 0.6 is 24.0 Å². The first-order valence-electron chi connectivity index (χ1n) is 9.56. The topological polar surface area (TPSA) is 43.3 Å². The van der Waals surface area contributed by atoms with E-state index in [0.717, 1.165) is 64.4 Å². The molecule has 25 heavy (non-hydrogen) atoms. The average Bonchev–Trinajstić information content (AvgIpc) is 2.60. The van der Waals surface area contributed by atoms with Gasteiger partial charge < -0.3 is 19.9 Å². The van der Waals surface area contributed by atoms with Crippen molar-refractivity contribution in [3.8, 4) is 0 Å². The summed E-state index contributed by atoms with van der Waals surface area (Å²) in [4.78, 5) is 12.1. The molecule has 0 radical (unpaired) electrons. The Morgan fingerprint density at radius 2 is 1.96 bits per heavy atom. The van der Waals surface area contributed by atoms with Crippen LogP contribution in [0.2, 0.25) is 0 Å². The molecule has 0 bridgehead atoms. The molecule has 0 aromatic rings. The predicted molar refractivity (Wildman–Crippen MR) is 116 cm³/mol. The second-order valence-corrected chi connectivity index (χ2v) is 7.36. The summed E-state index contributed by atoms with van der Waals surface area (Å²) >= 11 is 0. The quantitative estimate of drug-likeness (QED) is 0.365. The Bertz CT molecular complexity index is 390. The summed E-state index contributed by atoms with van der Waals surface area (Å²) < 4.78 is 5.46. The second-order valence-electron chi connectivity index (χ2n) is 7.36. The Morgan fingerprint density at radius 1 is 1.24 bits per heavy atom. The van der Waals surface area contributed by atoms with Crippen molar-refractivity contribution in [2.24, 2.45) is 10.9 Å². The van der Waals surface area contributed by atoms with Crippen LogP contribution in [0.3, 0.4) is 0 Å². The number of likely N-dealkylation sites (N-methyl/N-ethyl adjacent to an activating group) is 2. The summed E-state index contributed by atoms with van der Waals surface area (Å²) in [7, 11) is 6.58. The van der Waals surface area contributed by atoms with Crippen LogP contribution in [-0.2, 0) is 4.74 Å². The third-order valence-corrected chi connectivity index (χ3v) is 5.34. The minimum atomic E-state index is 0. The van der Waals surface area contributed by atoms with Crippen molar-refractivity contribution in [3.63, 3.8) is 0 Å². The zero-order valence-corrected chi connectivity index (χ0v) is 18.9. The number of rotatable bonds is 6. The van der Waals surface area contributed by atoms with Crippen molar-refractivity contribution in [3.05, 3.63) is 0 Å². The van der Waals surface area contributed by atoms with E-state index in [1.165, 1.54) is 19.3 Å². The van der Waals surface area contributed by atoms with Crippen LogP contribution < -0.4 is 5.32 Å². The van der Waals surface area contributed by atoms with E-state index in [2.05, 4.69) is 48.1 Å². The third-order valence-electron chi connectivity index (χ3n) is 5.34. The summed E-state index contributed by atoms with van der Waals surface area (Å²) in [6, 6.07) is 0.515. The van der Waals surface area contributed by atoms with Gasteiger partial charge in [-0.2, -0.15) is 0 Å². The molecule has 1 unspecified atom stereocenters. The van der Waals surface area contributed by atoms with Crippen LogP contribution in [-0.4, -0.2) is 100 Å². The van der Waals surface area contributed by atoms with E-state index in [9.17, 15) is 0 Å². The number of nitrogens with one attached hydrogen (secondary N) is 1. The normalized spacial score (nSPS) is 24.0. The van der Waals surface area contributed by atoms with Crippen LogP contribution in [0, 0.1) is 5.92 Å². The van der Waals surface area contributed by atoms with Crippen molar-refractivity contribution in [2.45, 2.75) is 32.2 Å². The van der Waals surface area contributed by atoms with Crippen LogP contribution in [0.4, 0.5) is 0 Å². The fourth-order valence-electron chi connectivity index (χ4n) is 3.48. The zero-order valence-electron chi connectivity index (χ0n) is 16.5. The fraction of sp³-hybridized carbons (Fsp3) is 0.944. The average molecular weight is 467 g/mol. The van der Waals surface area contributed by atoms with E-state index in [1.54, 1.807) is 0 Å². The number of piperazine rings is 1. The third kappa shape index (κ3) is 7.97. The molecule has 7 heteroatoms. The van der Waals surface area contributed by atoms with Crippen LogP contribution in [0.25, 0.3) is 0 Å². The smallest absolute Gasteiger partial charge is 0.193 e. The highest BCUT2D eigenvalue weighted by Gasteiger charge is 2.22. The molecular weight excluding hydrogens is 429 g/mol. The van der Waals surface area contributed by atoms with E-state index in [1.807, 2.05) is 0 Å². The molecule has 2 saturated heterocycles. The number of halogens is 1. The van der Waals surface area contributed by atoms with E-state index in [-0.39, 0.29) is 24.0 Å². The van der Waals surface area contributed by atoms with E-state index < -0.39 is 0 Å². The minimum absolute atomic E-state index is 0. The second kappa shape index (κ2) is 12.3. The van der Waals surface area contributed by atoms with Crippen molar-refractivity contribution >= 4 is 29.9 Å². The molecule has 6 nitrogen and oxygen atoms in total. The first kappa shape index (κ1) is 22.9. The number of guanidine groups is 1.